The van der Waals surface area contributed by atoms with Crippen LogP contribution in [0.4, 0.5) is 0 Å². The molecule has 0 radical (unpaired) electrons. The van der Waals surface area contributed by atoms with Crippen molar-refractivity contribution in [2.24, 2.45) is 11.3 Å². The first-order chi connectivity index (χ1) is 7.10. The van der Waals surface area contributed by atoms with Gasteiger partial charge in [-0.25, -0.2) is 0 Å². The molecular formula is C14H31N. The second-order valence-corrected chi connectivity index (χ2v) is 5.27. The third-order valence-electron chi connectivity index (χ3n) is 3.69. The normalized spacial score (nSPS) is 17.4. The van der Waals surface area contributed by atoms with Gasteiger partial charge in [0.15, 0.2) is 0 Å². The van der Waals surface area contributed by atoms with Gasteiger partial charge in [-0.15, -0.1) is 0 Å². The number of hydrogen-bond donors (Lipinski definition) is 1. The number of hydrogen-bond acceptors (Lipinski definition) is 1. The van der Waals surface area contributed by atoms with Gasteiger partial charge in [0.05, 0.1) is 0 Å². The van der Waals surface area contributed by atoms with Gasteiger partial charge in [-0.3, -0.25) is 0 Å². The predicted molar refractivity (Wildman–Crippen MR) is 70.2 cm³/mol. The summed E-state index contributed by atoms with van der Waals surface area (Å²) >= 11 is 0. The summed E-state index contributed by atoms with van der Waals surface area (Å²) in [5.74, 6) is 0.840. The first-order valence-corrected chi connectivity index (χ1v) is 6.81. The molecule has 2 unspecified atom stereocenters. The average molecular weight is 213 g/mol. The molecule has 2 atom stereocenters. The van der Waals surface area contributed by atoms with Crippen LogP contribution < -0.4 is 5.32 Å². The van der Waals surface area contributed by atoms with Gasteiger partial charge in [0.2, 0.25) is 0 Å². The summed E-state index contributed by atoms with van der Waals surface area (Å²) < 4.78 is 0. The van der Waals surface area contributed by atoms with Crippen molar-refractivity contribution >= 4 is 0 Å². The highest BCUT2D eigenvalue weighted by Gasteiger charge is 2.28. The van der Waals surface area contributed by atoms with Crippen LogP contribution in [0.1, 0.15) is 66.7 Å². The summed E-state index contributed by atoms with van der Waals surface area (Å²) in [7, 11) is 0. The number of rotatable bonds is 9. The third-order valence-corrected chi connectivity index (χ3v) is 3.69. The molecule has 0 spiro atoms. The van der Waals surface area contributed by atoms with E-state index in [1.165, 1.54) is 38.6 Å². The van der Waals surface area contributed by atoms with Gasteiger partial charge in [0.25, 0.3) is 0 Å². The summed E-state index contributed by atoms with van der Waals surface area (Å²) in [6.45, 7) is 14.1. The molecule has 1 nitrogen and oxygen atoms in total. The van der Waals surface area contributed by atoms with E-state index < -0.39 is 0 Å². The van der Waals surface area contributed by atoms with Crippen LogP contribution in [0.5, 0.6) is 0 Å². The average Bonchev–Trinajstić information content (AvgIpc) is 2.19. The van der Waals surface area contributed by atoms with Crippen LogP contribution >= 0.6 is 0 Å². The van der Waals surface area contributed by atoms with Crippen LogP contribution in [-0.2, 0) is 0 Å². The van der Waals surface area contributed by atoms with Crippen molar-refractivity contribution in [1.29, 1.82) is 0 Å². The van der Waals surface area contributed by atoms with E-state index in [1.807, 2.05) is 0 Å². The van der Waals surface area contributed by atoms with Gasteiger partial charge >= 0.3 is 0 Å². The molecule has 0 rings (SSSR count). The molecule has 1 N–H and O–H groups in total. The van der Waals surface area contributed by atoms with Crippen molar-refractivity contribution in [2.45, 2.75) is 66.7 Å². The third kappa shape index (κ3) is 5.55. The fourth-order valence-electron chi connectivity index (χ4n) is 2.41. The lowest BCUT2D eigenvalue weighted by atomic mass is 9.72. The van der Waals surface area contributed by atoms with Crippen LogP contribution in [0, 0.1) is 11.3 Å². The molecule has 0 aromatic heterocycles. The Bertz CT molecular complexity index is 144. The molecule has 0 heterocycles. The van der Waals surface area contributed by atoms with E-state index in [0.717, 1.165) is 12.5 Å². The zero-order valence-corrected chi connectivity index (χ0v) is 11.5. The van der Waals surface area contributed by atoms with E-state index in [-0.39, 0.29) is 0 Å². The molecule has 0 bridgehead atoms. The lowest BCUT2D eigenvalue weighted by Gasteiger charge is -2.36. The summed E-state index contributed by atoms with van der Waals surface area (Å²) in [6.07, 6.45) is 6.58. The van der Waals surface area contributed by atoms with Crippen molar-refractivity contribution < 1.29 is 0 Å². The van der Waals surface area contributed by atoms with E-state index in [1.54, 1.807) is 0 Å². The van der Waals surface area contributed by atoms with Gasteiger partial charge in [0, 0.05) is 6.54 Å². The fraction of sp³-hybridized carbons (Fsp3) is 1.00. The molecule has 0 saturated heterocycles. The molecule has 0 amide bonds. The molecule has 92 valence electrons. The van der Waals surface area contributed by atoms with Crippen LogP contribution in [0.3, 0.4) is 0 Å². The van der Waals surface area contributed by atoms with E-state index in [2.05, 4.69) is 39.9 Å². The van der Waals surface area contributed by atoms with Crippen LogP contribution in [0.2, 0.25) is 0 Å². The molecule has 0 aromatic carbocycles. The summed E-state index contributed by atoms with van der Waals surface area (Å²) in [5.41, 5.74) is 0.500. The maximum absolute atomic E-state index is 3.60. The second kappa shape index (κ2) is 8.15. The van der Waals surface area contributed by atoms with E-state index in [9.17, 15) is 0 Å². The van der Waals surface area contributed by atoms with Crippen molar-refractivity contribution in [3.05, 3.63) is 0 Å². The zero-order valence-electron chi connectivity index (χ0n) is 11.5. The lowest BCUT2D eigenvalue weighted by Crippen LogP contribution is -2.37. The Labute approximate surface area is 97.0 Å². The SMILES string of the molecule is CCCNCC(C)(CCC)C(C)CCC. The minimum Gasteiger partial charge on any atom is -0.316 e. The highest BCUT2D eigenvalue weighted by Crippen LogP contribution is 2.34. The number of nitrogens with one attached hydrogen (secondary N) is 1. The Morgan fingerprint density at radius 2 is 1.73 bits per heavy atom. The second-order valence-electron chi connectivity index (χ2n) is 5.27. The molecule has 0 fully saturated rings. The van der Waals surface area contributed by atoms with E-state index in [4.69, 9.17) is 0 Å². The molecule has 0 aliphatic carbocycles. The van der Waals surface area contributed by atoms with Crippen molar-refractivity contribution in [3.63, 3.8) is 0 Å². The molecular weight excluding hydrogens is 182 g/mol. The van der Waals surface area contributed by atoms with Crippen LogP contribution in [0.15, 0.2) is 0 Å². The summed E-state index contributed by atoms with van der Waals surface area (Å²) in [6, 6.07) is 0. The van der Waals surface area contributed by atoms with Gasteiger partial charge in [0.1, 0.15) is 0 Å². The van der Waals surface area contributed by atoms with Crippen molar-refractivity contribution in [3.8, 4) is 0 Å². The molecule has 15 heavy (non-hydrogen) atoms. The smallest absolute Gasteiger partial charge is 0.000771 e. The highest BCUT2D eigenvalue weighted by atomic mass is 14.9. The van der Waals surface area contributed by atoms with Gasteiger partial charge in [-0.1, -0.05) is 53.9 Å². The maximum Gasteiger partial charge on any atom is 0.000771 e. The van der Waals surface area contributed by atoms with Crippen LogP contribution in [-0.4, -0.2) is 13.1 Å². The predicted octanol–water partition coefficient (Wildman–Crippen LogP) is 4.23. The Morgan fingerprint density at radius 1 is 1.07 bits per heavy atom. The van der Waals surface area contributed by atoms with Crippen molar-refractivity contribution in [2.75, 3.05) is 13.1 Å². The van der Waals surface area contributed by atoms with Crippen LogP contribution in [0.25, 0.3) is 0 Å². The maximum atomic E-state index is 3.60. The molecule has 0 aliphatic rings. The minimum atomic E-state index is 0.500. The Morgan fingerprint density at radius 3 is 2.20 bits per heavy atom. The molecule has 0 aromatic rings. The first kappa shape index (κ1) is 15.0. The van der Waals surface area contributed by atoms with Gasteiger partial charge in [-0.05, 0) is 30.7 Å². The zero-order chi connectivity index (χ0) is 11.7. The van der Waals surface area contributed by atoms with Gasteiger partial charge < -0.3 is 5.32 Å². The lowest BCUT2D eigenvalue weighted by molar-refractivity contribution is 0.165. The monoisotopic (exact) mass is 213 g/mol. The standard InChI is InChI=1S/C14H31N/c1-6-9-13(4)14(5,10-7-2)12-15-11-8-3/h13,15H,6-12H2,1-5H3. The van der Waals surface area contributed by atoms with E-state index >= 15 is 0 Å². The summed E-state index contributed by atoms with van der Waals surface area (Å²) in [4.78, 5) is 0. The topological polar surface area (TPSA) is 12.0 Å². The first-order valence-electron chi connectivity index (χ1n) is 6.81. The van der Waals surface area contributed by atoms with E-state index in [0.29, 0.717) is 5.41 Å². The quantitative estimate of drug-likeness (QED) is 0.565. The van der Waals surface area contributed by atoms with Gasteiger partial charge in [-0.2, -0.15) is 0 Å². The molecule has 0 saturated carbocycles. The highest BCUT2D eigenvalue weighted by molar-refractivity contribution is 4.81. The fourth-order valence-corrected chi connectivity index (χ4v) is 2.41. The molecule has 0 aliphatic heterocycles. The Balaban J connectivity index is 4.16. The largest absolute Gasteiger partial charge is 0.316 e. The van der Waals surface area contributed by atoms with Crippen molar-refractivity contribution in [1.82, 2.24) is 5.32 Å². The molecule has 1 heteroatoms. The Hall–Kier alpha value is -0.0400. The minimum absolute atomic E-state index is 0.500. The Kier molecular flexibility index (Phi) is 8.13. The summed E-state index contributed by atoms with van der Waals surface area (Å²) in [5, 5.41) is 3.60.